The maximum absolute atomic E-state index is 12.6. The minimum Gasteiger partial charge on any atom is -0.491 e. The first-order chi connectivity index (χ1) is 6.68. The molecule has 0 saturated carbocycles. The van der Waals surface area contributed by atoms with E-state index in [1.165, 1.54) is 12.3 Å². The number of aromatic nitrogens is 1. The Labute approximate surface area is 82.9 Å². The van der Waals surface area contributed by atoms with Gasteiger partial charge >= 0.3 is 0 Å². The van der Waals surface area contributed by atoms with Crippen molar-refractivity contribution in [3.8, 4) is 5.75 Å². The van der Waals surface area contributed by atoms with Gasteiger partial charge in [-0.25, -0.2) is 4.98 Å². The van der Waals surface area contributed by atoms with Crippen molar-refractivity contribution < 1.29 is 13.9 Å². The van der Waals surface area contributed by atoms with Crippen LogP contribution < -0.4 is 4.74 Å². The molecule has 0 bridgehead atoms. The quantitative estimate of drug-likeness (QED) is 0.537. The van der Waals surface area contributed by atoms with E-state index in [-0.39, 0.29) is 6.10 Å². The Morgan fingerprint density at radius 2 is 2.21 bits per heavy atom. The van der Waals surface area contributed by atoms with Gasteiger partial charge in [-0.15, -0.1) is 0 Å². The van der Waals surface area contributed by atoms with Crippen LogP contribution in [0.1, 0.15) is 13.8 Å². The number of halogens is 1. The van der Waals surface area contributed by atoms with E-state index in [0.29, 0.717) is 19.0 Å². The number of hydrogen-bond acceptors (Lipinski definition) is 3. The van der Waals surface area contributed by atoms with Crippen LogP contribution in [0.15, 0.2) is 18.3 Å². The van der Waals surface area contributed by atoms with Crippen LogP contribution in [0.5, 0.6) is 5.75 Å². The van der Waals surface area contributed by atoms with E-state index in [1.54, 1.807) is 6.07 Å². The molecule has 0 aliphatic rings. The number of rotatable bonds is 5. The van der Waals surface area contributed by atoms with Crippen molar-refractivity contribution in [3.05, 3.63) is 24.3 Å². The molecule has 0 saturated heterocycles. The molecule has 0 unspecified atom stereocenters. The van der Waals surface area contributed by atoms with Gasteiger partial charge in [-0.2, -0.15) is 4.39 Å². The molecule has 0 aromatic carbocycles. The normalized spacial score (nSPS) is 10.6. The molecule has 1 rings (SSSR count). The van der Waals surface area contributed by atoms with Crippen LogP contribution in [0.4, 0.5) is 4.39 Å². The molecule has 1 aromatic rings. The molecule has 0 aliphatic carbocycles. The molecule has 4 heteroatoms. The number of pyridine rings is 1. The SMILES string of the molecule is CC(C)OCCOc1ccnc(F)c1. The molecular weight excluding hydrogens is 185 g/mol. The van der Waals surface area contributed by atoms with Crippen LogP contribution in [0.25, 0.3) is 0 Å². The summed E-state index contributed by atoms with van der Waals surface area (Å²) < 4.78 is 23.1. The molecule has 0 N–H and O–H groups in total. The predicted molar refractivity (Wildman–Crippen MR) is 50.8 cm³/mol. The Balaban J connectivity index is 2.25. The molecule has 3 nitrogen and oxygen atoms in total. The molecular formula is C10H14FNO2. The number of nitrogens with zero attached hydrogens (tertiary/aromatic N) is 1. The number of hydrogen-bond donors (Lipinski definition) is 0. The summed E-state index contributed by atoms with van der Waals surface area (Å²) in [5, 5.41) is 0. The van der Waals surface area contributed by atoms with Crippen molar-refractivity contribution in [3.63, 3.8) is 0 Å². The van der Waals surface area contributed by atoms with Gasteiger partial charge in [-0.05, 0) is 19.9 Å². The topological polar surface area (TPSA) is 31.4 Å². The summed E-state index contributed by atoms with van der Waals surface area (Å²) in [6.07, 6.45) is 1.56. The van der Waals surface area contributed by atoms with Gasteiger partial charge < -0.3 is 9.47 Å². The maximum atomic E-state index is 12.6. The lowest BCUT2D eigenvalue weighted by molar-refractivity contribution is 0.0551. The highest BCUT2D eigenvalue weighted by Crippen LogP contribution is 2.09. The average Bonchev–Trinajstić information content (AvgIpc) is 2.12. The van der Waals surface area contributed by atoms with Crippen molar-refractivity contribution in [2.45, 2.75) is 20.0 Å². The van der Waals surface area contributed by atoms with E-state index in [0.717, 1.165) is 0 Å². The fraction of sp³-hybridized carbons (Fsp3) is 0.500. The zero-order valence-electron chi connectivity index (χ0n) is 8.37. The van der Waals surface area contributed by atoms with Gasteiger partial charge in [0.1, 0.15) is 12.4 Å². The van der Waals surface area contributed by atoms with Crippen LogP contribution in [0.2, 0.25) is 0 Å². The Kier molecular flexibility index (Phi) is 4.32. The highest BCUT2D eigenvalue weighted by atomic mass is 19.1. The molecule has 0 amide bonds. The summed E-state index contributed by atoms with van der Waals surface area (Å²) in [4.78, 5) is 3.42. The largest absolute Gasteiger partial charge is 0.491 e. The minimum absolute atomic E-state index is 0.188. The molecule has 0 fully saturated rings. The molecule has 1 aromatic heterocycles. The van der Waals surface area contributed by atoms with Gasteiger partial charge in [0, 0.05) is 12.3 Å². The van der Waals surface area contributed by atoms with Gasteiger partial charge in [-0.1, -0.05) is 0 Å². The van der Waals surface area contributed by atoms with Gasteiger partial charge in [0.2, 0.25) is 5.95 Å². The Morgan fingerprint density at radius 3 is 2.86 bits per heavy atom. The lowest BCUT2D eigenvalue weighted by atomic mass is 10.4. The van der Waals surface area contributed by atoms with Crippen molar-refractivity contribution in [1.82, 2.24) is 4.98 Å². The second-order valence-electron chi connectivity index (χ2n) is 3.08. The molecule has 0 spiro atoms. The average molecular weight is 199 g/mol. The fourth-order valence-corrected chi connectivity index (χ4v) is 0.918. The Morgan fingerprint density at radius 1 is 1.43 bits per heavy atom. The highest BCUT2D eigenvalue weighted by molar-refractivity contribution is 5.17. The maximum Gasteiger partial charge on any atom is 0.216 e. The standard InChI is InChI=1S/C10H14FNO2/c1-8(2)13-5-6-14-9-3-4-12-10(11)7-9/h3-4,7-8H,5-6H2,1-2H3. The second kappa shape index (κ2) is 5.54. The lowest BCUT2D eigenvalue weighted by Crippen LogP contribution is -2.11. The second-order valence-corrected chi connectivity index (χ2v) is 3.08. The highest BCUT2D eigenvalue weighted by Gasteiger charge is 1.97. The monoisotopic (exact) mass is 199 g/mol. The van der Waals surface area contributed by atoms with E-state index < -0.39 is 5.95 Å². The van der Waals surface area contributed by atoms with Crippen molar-refractivity contribution in [2.24, 2.45) is 0 Å². The van der Waals surface area contributed by atoms with E-state index in [9.17, 15) is 4.39 Å². The van der Waals surface area contributed by atoms with Crippen LogP contribution in [-0.4, -0.2) is 24.3 Å². The number of ether oxygens (including phenoxy) is 2. The van der Waals surface area contributed by atoms with Crippen molar-refractivity contribution >= 4 is 0 Å². The third kappa shape index (κ3) is 4.18. The Hall–Kier alpha value is -1.16. The molecule has 1 heterocycles. The minimum atomic E-state index is -0.535. The molecule has 0 radical (unpaired) electrons. The smallest absolute Gasteiger partial charge is 0.216 e. The summed E-state index contributed by atoms with van der Waals surface area (Å²) in [6, 6.07) is 2.85. The third-order valence-electron chi connectivity index (χ3n) is 1.50. The van der Waals surface area contributed by atoms with E-state index in [2.05, 4.69) is 4.98 Å². The zero-order chi connectivity index (χ0) is 10.4. The van der Waals surface area contributed by atoms with Crippen LogP contribution in [0, 0.1) is 5.95 Å². The van der Waals surface area contributed by atoms with E-state index in [4.69, 9.17) is 9.47 Å². The molecule has 0 aliphatic heterocycles. The summed E-state index contributed by atoms with van der Waals surface area (Å²) in [6.45, 7) is 4.82. The van der Waals surface area contributed by atoms with Gasteiger partial charge in [-0.3, -0.25) is 0 Å². The molecule has 0 atom stereocenters. The first-order valence-electron chi connectivity index (χ1n) is 4.54. The first-order valence-corrected chi connectivity index (χ1v) is 4.54. The summed E-state index contributed by atoms with van der Waals surface area (Å²) in [5.41, 5.74) is 0. The fourth-order valence-electron chi connectivity index (χ4n) is 0.918. The van der Waals surface area contributed by atoms with Crippen LogP contribution >= 0.6 is 0 Å². The van der Waals surface area contributed by atoms with E-state index in [1.807, 2.05) is 13.8 Å². The summed E-state index contributed by atoms with van der Waals surface area (Å²) in [5.74, 6) is -0.0582. The lowest BCUT2D eigenvalue weighted by Gasteiger charge is -2.08. The van der Waals surface area contributed by atoms with Gasteiger partial charge in [0.15, 0.2) is 0 Å². The third-order valence-corrected chi connectivity index (χ3v) is 1.50. The summed E-state index contributed by atoms with van der Waals surface area (Å²) >= 11 is 0. The van der Waals surface area contributed by atoms with Gasteiger partial charge in [0.25, 0.3) is 0 Å². The first kappa shape index (κ1) is 10.9. The van der Waals surface area contributed by atoms with Crippen LogP contribution in [-0.2, 0) is 4.74 Å². The molecule has 78 valence electrons. The predicted octanol–water partition coefficient (Wildman–Crippen LogP) is 2.02. The molecule has 14 heavy (non-hydrogen) atoms. The Bertz CT molecular complexity index is 279. The zero-order valence-corrected chi connectivity index (χ0v) is 8.37. The van der Waals surface area contributed by atoms with Crippen molar-refractivity contribution in [1.29, 1.82) is 0 Å². The van der Waals surface area contributed by atoms with Crippen molar-refractivity contribution in [2.75, 3.05) is 13.2 Å². The van der Waals surface area contributed by atoms with Gasteiger partial charge in [0.05, 0.1) is 12.7 Å². The summed E-state index contributed by atoms with van der Waals surface area (Å²) in [7, 11) is 0. The van der Waals surface area contributed by atoms with E-state index >= 15 is 0 Å². The van der Waals surface area contributed by atoms with Crippen LogP contribution in [0.3, 0.4) is 0 Å².